The molecule has 2 heterocycles. The number of Topliss-reactive ketones (excluding diaryl/α,β-unsaturated/α-hetero) is 1. The number of hydrogen-bond acceptors (Lipinski definition) is 6. The lowest BCUT2D eigenvalue weighted by Crippen LogP contribution is -2.36. The molecule has 0 aliphatic carbocycles. The predicted molar refractivity (Wildman–Crippen MR) is 115 cm³/mol. The molecule has 0 bridgehead atoms. The molecule has 6 nitrogen and oxygen atoms in total. The summed E-state index contributed by atoms with van der Waals surface area (Å²) in [6.07, 6.45) is 3.67. The summed E-state index contributed by atoms with van der Waals surface area (Å²) in [4.78, 5) is 30.4. The molecule has 4 rings (SSSR count). The average molecular weight is 404 g/mol. The average Bonchev–Trinajstić information content (AvgIpc) is 2.79. The molecule has 6 heteroatoms. The first-order valence-electron chi connectivity index (χ1n) is 10.2. The summed E-state index contributed by atoms with van der Waals surface area (Å²) in [7, 11) is 0. The molecule has 1 aliphatic heterocycles. The van der Waals surface area contributed by atoms with E-state index in [1.165, 1.54) is 6.07 Å². The van der Waals surface area contributed by atoms with E-state index in [9.17, 15) is 14.7 Å². The molecule has 0 atom stereocenters. The van der Waals surface area contributed by atoms with Crippen molar-refractivity contribution in [1.29, 1.82) is 0 Å². The number of carbonyl (C=O) groups excluding carboxylic acids is 2. The molecule has 154 valence electrons. The molecule has 1 saturated heterocycles. The number of aldehydes is 1. The SMILES string of the molecule is O=Cc1c(O)ccc2cc(-c3ccc(C(=O)CCCN4CCOCC4)nc3)ccc12. The number of benzene rings is 2. The molecule has 2 aromatic carbocycles. The Bertz CT molecular complexity index is 1060. The van der Waals surface area contributed by atoms with Crippen LogP contribution < -0.4 is 0 Å². The van der Waals surface area contributed by atoms with Gasteiger partial charge < -0.3 is 9.84 Å². The van der Waals surface area contributed by atoms with Crippen LogP contribution in [0.15, 0.2) is 48.7 Å². The van der Waals surface area contributed by atoms with E-state index in [0.29, 0.717) is 23.8 Å². The molecular formula is C24H24N2O4. The second kappa shape index (κ2) is 9.15. The number of pyridine rings is 1. The Hall–Kier alpha value is -3.09. The summed E-state index contributed by atoms with van der Waals surface area (Å²) < 4.78 is 5.34. The lowest BCUT2D eigenvalue weighted by molar-refractivity contribution is 0.0371. The molecule has 0 spiro atoms. The lowest BCUT2D eigenvalue weighted by Gasteiger charge is -2.26. The fourth-order valence-corrected chi connectivity index (χ4v) is 3.79. The largest absolute Gasteiger partial charge is 0.507 e. The van der Waals surface area contributed by atoms with Gasteiger partial charge >= 0.3 is 0 Å². The third kappa shape index (κ3) is 4.40. The smallest absolute Gasteiger partial charge is 0.181 e. The van der Waals surface area contributed by atoms with Crippen molar-refractivity contribution in [3.8, 4) is 16.9 Å². The van der Waals surface area contributed by atoms with Crippen LogP contribution in [-0.4, -0.2) is 59.9 Å². The highest BCUT2D eigenvalue weighted by Gasteiger charge is 2.13. The lowest BCUT2D eigenvalue weighted by atomic mass is 9.99. The number of ketones is 1. The second-order valence-electron chi connectivity index (χ2n) is 7.46. The Morgan fingerprint density at radius 3 is 2.63 bits per heavy atom. The maximum Gasteiger partial charge on any atom is 0.181 e. The zero-order valence-corrected chi connectivity index (χ0v) is 16.7. The van der Waals surface area contributed by atoms with Crippen molar-refractivity contribution in [3.63, 3.8) is 0 Å². The molecule has 0 radical (unpaired) electrons. The maximum atomic E-state index is 12.4. The van der Waals surface area contributed by atoms with Gasteiger partial charge in [-0.15, -0.1) is 0 Å². The van der Waals surface area contributed by atoms with E-state index in [1.807, 2.05) is 24.3 Å². The standard InChI is InChI=1S/C24H24N2O4/c27-16-21-20-6-3-17(14-18(20)5-8-23(21)28)19-4-7-22(25-15-19)24(29)2-1-9-26-10-12-30-13-11-26/h3-8,14-16,28H,1-2,9-13H2. The first-order valence-corrected chi connectivity index (χ1v) is 10.2. The van der Waals surface area contributed by atoms with E-state index < -0.39 is 0 Å². The Morgan fingerprint density at radius 1 is 1.10 bits per heavy atom. The van der Waals surface area contributed by atoms with Crippen LogP contribution in [0.5, 0.6) is 5.75 Å². The van der Waals surface area contributed by atoms with Gasteiger partial charge in [0.1, 0.15) is 11.4 Å². The van der Waals surface area contributed by atoms with Crippen molar-refractivity contribution in [2.24, 2.45) is 0 Å². The van der Waals surface area contributed by atoms with Gasteiger partial charge in [0.2, 0.25) is 0 Å². The van der Waals surface area contributed by atoms with Gasteiger partial charge in [-0.3, -0.25) is 19.5 Å². The second-order valence-corrected chi connectivity index (χ2v) is 7.46. The molecule has 1 N–H and O–H groups in total. The summed E-state index contributed by atoms with van der Waals surface area (Å²) in [5.41, 5.74) is 2.59. The number of fused-ring (bicyclic) bond motifs is 1. The number of morpholine rings is 1. The first kappa shape index (κ1) is 20.2. The molecule has 3 aromatic rings. The zero-order valence-electron chi connectivity index (χ0n) is 16.7. The summed E-state index contributed by atoms with van der Waals surface area (Å²) in [6.45, 7) is 4.30. The Morgan fingerprint density at radius 2 is 1.90 bits per heavy atom. The van der Waals surface area contributed by atoms with Gasteiger partial charge in [0.25, 0.3) is 0 Å². The van der Waals surface area contributed by atoms with Crippen molar-refractivity contribution < 1.29 is 19.4 Å². The highest BCUT2D eigenvalue weighted by atomic mass is 16.5. The molecule has 1 aromatic heterocycles. The predicted octanol–water partition coefficient (Wildman–Crippen LogP) is 3.72. The van der Waals surface area contributed by atoms with Crippen molar-refractivity contribution in [3.05, 3.63) is 59.9 Å². The van der Waals surface area contributed by atoms with Crippen molar-refractivity contribution in [2.45, 2.75) is 12.8 Å². The number of hydrogen-bond donors (Lipinski definition) is 1. The van der Waals surface area contributed by atoms with E-state index in [1.54, 1.807) is 18.3 Å². The van der Waals surface area contributed by atoms with Crippen LogP contribution in [0.2, 0.25) is 0 Å². The summed E-state index contributed by atoms with van der Waals surface area (Å²) >= 11 is 0. The maximum absolute atomic E-state index is 12.4. The number of nitrogens with zero attached hydrogens (tertiary/aromatic N) is 2. The quantitative estimate of drug-likeness (QED) is 0.478. The Labute approximate surface area is 175 Å². The van der Waals surface area contributed by atoms with Gasteiger partial charge in [0.05, 0.1) is 18.8 Å². The number of aromatic hydroxyl groups is 1. The summed E-state index contributed by atoms with van der Waals surface area (Å²) in [6, 6.07) is 12.6. The minimum absolute atomic E-state index is 0.0246. The van der Waals surface area contributed by atoms with E-state index in [-0.39, 0.29) is 17.1 Å². The van der Waals surface area contributed by atoms with Gasteiger partial charge in [0, 0.05) is 31.3 Å². The molecule has 30 heavy (non-hydrogen) atoms. The number of phenolic OH excluding ortho intramolecular Hbond substituents is 1. The molecule has 0 unspecified atom stereocenters. The highest BCUT2D eigenvalue weighted by molar-refractivity contribution is 6.02. The fraction of sp³-hybridized carbons (Fsp3) is 0.292. The molecular weight excluding hydrogens is 380 g/mol. The Kier molecular flexibility index (Phi) is 6.16. The van der Waals surface area contributed by atoms with E-state index in [0.717, 1.165) is 55.8 Å². The van der Waals surface area contributed by atoms with Gasteiger partial charge in [-0.25, -0.2) is 0 Å². The van der Waals surface area contributed by atoms with Crippen LogP contribution in [0, 0.1) is 0 Å². The number of aromatic nitrogens is 1. The van der Waals surface area contributed by atoms with Crippen LogP contribution in [0.4, 0.5) is 0 Å². The van der Waals surface area contributed by atoms with Crippen LogP contribution >= 0.6 is 0 Å². The van der Waals surface area contributed by atoms with Gasteiger partial charge in [-0.05, 0) is 47.5 Å². The van der Waals surface area contributed by atoms with E-state index in [4.69, 9.17) is 4.74 Å². The number of ether oxygens (including phenoxy) is 1. The Balaban J connectivity index is 1.43. The number of rotatable bonds is 7. The first-order chi connectivity index (χ1) is 14.7. The molecule has 1 aliphatic rings. The van der Waals surface area contributed by atoms with Gasteiger partial charge in [-0.2, -0.15) is 0 Å². The topological polar surface area (TPSA) is 79.7 Å². The summed E-state index contributed by atoms with van der Waals surface area (Å²) in [5.74, 6) is 0.0304. The van der Waals surface area contributed by atoms with Crippen LogP contribution in [0.25, 0.3) is 21.9 Å². The van der Waals surface area contributed by atoms with Gasteiger partial charge in [-0.1, -0.05) is 24.3 Å². The molecule has 0 saturated carbocycles. The monoisotopic (exact) mass is 404 g/mol. The molecule has 0 amide bonds. The van der Waals surface area contributed by atoms with Crippen molar-refractivity contribution >= 4 is 22.8 Å². The van der Waals surface area contributed by atoms with E-state index in [2.05, 4.69) is 9.88 Å². The molecule has 1 fully saturated rings. The van der Waals surface area contributed by atoms with E-state index >= 15 is 0 Å². The number of phenols is 1. The third-order valence-electron chi connectivity index (χ3n) is 5.52. The number of carbonyl (C=O) groups is 2. The minimum atomic E-state index is -0.0246. The summed E-state index contributed by atoms with van der Waals surface area (Å²) in [5, 5.41) is 11.4. The minimum Gasteiger partial charge on any atom is -0.507 e. The normalized spacial score (nSPS) is 14.7. The van der Waals surface area contributed by atoms with Crippen LogP contribution in [-0.2, 0) is 4.74 Å². The van der Waals surface area contributed by atoms with Crippen molar-refractivity contribution in [1.82, 2.24) is 9.88 Å². The zero-order chi connectivity index (χ0) is 20.9. The third-order valence-corrected chi connectivity index (χ3v) is 5.52. The van der Waals surface area contributed by atoms with Crippen LogP contribution in [0.3, 0.4) is 0 Å². The van der Waals surface area contributed by atoms with Crippen molar-refractivity contribution in [2.75, 3.05) is 32.8 Å². The highest BCUT2D eigenvalue weighted by Crippen LogP contribution is 2.29. The van der Waals surface area contributed by atoms with Crippen LogP contribution in [0.1, 0.15) is 33.7 Å². The fourth-order valence-electron chi connectivity index (χ4n) is 3.79. The van der Waals surface area contributed by atoms with Gasteiger partial charge in [0.15, 0.2) is 12.1 Å².